The lowest BCUT2D eigenvalue weighted by atomic mass is 10.1. The summed E-state index contributed by atoms with van der Waals surface area (Å²) < 4.78 is 0.885. The highest BCUT2D eigenvalue weighted by molar-refractivity contribution is 9.10. The van der Waals surface area contributed by atoms with E-state index in [4.69, 9.17) is 0 Å². The number of carbonyl (C=O) groups excluding carboxylic acids is 2. The number of aryl methyl sites for hydroxylation is 2. The van der Waals surface area contributed by atoms with Crippen LogP contribution in [0.1, 0.15) is 21.5 Å². The molecule has 0 aliphatic rings. The lowest BCUT2D eigenvalue weighted by Gasteiger charge is -2.13. The summed E-state index contributed by atoms with van der Waals surface area (Å²) >= 11 is 3.30. The van der Waals surface area contributed by atoms with E-state index in [1.165, 1.54) is 0 Å². The molecular formula is C17H18BrN3O2. The molecule has 2 amide bonds. The van der Waals surface area contributed by atoms with Crippen LogP contribution in [0.25, 0.3) is 0 Å². The molecule has 3 N–H and O–H groups in total. The summed E-state index contributed by atoms with van der Waals surface area (Å²) in [5.74, 6) is -0.684. The van der Waals surface area contributed by atoms with Gasteiger partial charge in [-0.3, -0.25) is 20.4 Å². The minimum absolute atomic E-state index is 0.0757. The Balaban J connectivity index is 1.83. The summed E-state index contributed by atoms with van der Waals surface area (Å²) in [6.07, 6.45) is 0. The fourth-order valence-electron chi connectivity index (χ4n) is 2.11. The number of rotatable bonds is 4. The van der Waals surface area contributed by atoms with Crippen LogP contribution in [-0.4, -0.2) is 18.4 Å². The highest BCUT2D eigenvalue weighted by atomic mass is 79.9. The second kappa shape index (κ2) is 7.78. The summed E-state index contributed by atoms with van der Waals surface area (Å²) in [6.45, 7) is 4.03. The number of halogens is 1. The Labute approximate surface area is 143 Å². The molecule has 2 aromatic rings. The second-order valence-electron chi connectivity index (χ2n) is 5.13. The fraction of sp³-hybridized carbons (Fsp3) is 0.176. The third-order valence-corrected chi connectivity index (χ3v) is 3.86. The molecular weight excluding hydrogens is 358 g/mol. The van der Waals surface area contributed by atoms with Crippen molar-refractivity contribution in [3.63, 3.8) is 0 Å². The molecule has 0 aliphatic heterocycles. The first-order chi connectivity index (χ1) is 11.0. The number of para-hydroxylation sites is 1. The Morgan fingerprint density at radius 3 is 2.17 bits per heavy atom. The Morgan fingerprint density at radius 1 is 0.957 bits per heavy atom. The number of hydrogen-bond acceptors (Lipinski definition) is 3. The molecule has 0 aromatic heterocycles. The number of benzene rings is 2. The first-order valence-electron chi connectivity index (χ1n) is 7.12. The zero-order chi connectivity index (χ0) is 16.8. The van der Waals surface area contributed by atoms with Crippen molar-refractivity contribution in [1.29, 1.82) is 0 Å². The molecule has 0 spiro atoms. The van der Waals surface area contributed by atoms with Gasteiger partial charge in [0.05, 0.1) is 6.54 Å². The monoisotopic (exact) mass is 375 g/mol. The number of anilines is 1. The molecule has 120 valence electrons. The largest absolute Gasteiger partial charge is 0.376 e. The molecule has 0 unspecified atom stereocenters. The summed E-state index contributed by atoms with van der Waals surface area (Å²) in [4.78, 5) is 23.7. The van der Waals surface area contributed by atoms with Crippen LogP contribution in [0.3, 0.4) is 0 Å². The summed E-state index contributed by atoms with van der Waals surface area (Å²) in [7, 11) is 0. The van der Waals surface area contributed by atoms with E-state index in [0.717, 1.165) is 21.3 Å². The van der Waals surface area contributed by atoms with Crippen LogP contribution in [0.15, 0.2) is 46.9 Å². The van der Waals surface area contributed by atoms with Crippen molar-refractivity contribution < 1.29 is 9.59 Å². The van der Waals surface area contributed by atoms with Gasteiger partial charge in [0.1, 0.15) is 0 Å². The standard InChI is InChI=1S/C17H18BrN3O2/c1-11-4-3-5-12(2)16(11)19-10-15(22)20-21-17(23)13-6-8-14(18)9-7-13/h3-9,19H,10H2,1-2H3,(H,20,22)(H,21,23). The minimum Gasteiger partial charge on any atom is -0.376 e. The predicted octanol–water partition coefficient (Wildman–Crippen LogP) is 2.94. The maximum absolute atomic E-state index is 11.9. The highest BCUT2D eigenvalue weighted by Crippen LogP contribution is 2.18. The van der Waals surface area contributed by atoms with Gasteiger partial charge in [0, 0.05) is 15.7 Å². The lowest BCUT2D eigenvalue weighted by Crippen LogP contribution is -2.44. The molecule has 0 bridgehead atoms. The van der Waals surface area contributed by atoms with Gasteiger partial charge in [0.25, 0.3) is 11.8 Å². The van der Waals surface area contributed by atoms with Crippen molar-refractivity contribution in [1.82, 2.24) is 10.9 Å². The number of amides is 2. The summed E-state index contributed by atoms with van der Waals surface area (Å²) in [5, 5.41) is 3.08. The van der Waals surface area contributed by atoms with Crippen molar-refractivity contribution in [2.45, 2.75) is 13.8 Å². The van der Waals surface area contributed by atoms with Gasteiger partial charge in [-0.25, -0.2) is 0 Å². The van der Waals surface area contributed by atoms with Crippen molar-refractivity contribution in [2.75, 3.05) is 11.9 Å². The Morgan fingerprint density at radius 2 is 1.57 bits per heavy atom. The van der Waals surface area contributed by atoms with Crippen LogP contribution in [0, 0.1) is 13.8 Å². The summed E-state index contributed by atoms with van der Waals surface area (Å²) in [5.41, 5.74) is 8.32. The molecule has 6 heteroatoms. The van der Waals surface area contributed by atoms with E-state index >= 15 is 0 Å². The molecule has 5 nitrogen and oxygen atoms in total. The van der Waals surface area contributed by atoms with Gasteiger partial charge >= 0.3 is 0 Å². The number of hydrogen-bond donors (Lipinski definition) is 3. The van der Waals surface area contributed by atoms with Crippen LogP contribution in [0.5, 0.6) is 0 Å². The molecule has 0 saturated heterocycles. The van der Waals surface area contributed by atoms with Crippen LogP contribution in [0.2, 0.25) is 0 Å². The molecule has 0 aliphatic carbocycles. The van der Waals surface area contributed by atoms with E-state index in [9.17, 15) is 9.59 Å². The van der Waals surface area contributed by atoms with Gasteiger partial charge in [-0.15, -0.1) is 0 Å². The van der Waals surface area contributed by atoms with Gasteiger partial charge in [-0.05, 0) is 49.2 Å². The lowest BCUT2D eigenvalue weighted by molar-refractivity contribution is -0.120. The summed E-state index contributed by atoms with van der Waals surface area (Å²) in [6, 6.07) is 12.8. The Bertz CT molecular complexity index is 694. The molecule has 0 radical (unpaired) electrons. The van der Waals surface area contributed by atoms with Crippen LogP contribution in [0.4, 0.5) is 5.69 Å². The number of hydrazine groups is 1. The van der Waals surface area contributed by atoms with Gasteiger partial charge < -0.3 is 5.32 Å². The van der Waals surface area contributed by atoms with E-state index in [0.29, 0.717) is 5.56 Å². The molecule has 0 fully saturated rings. The van der Waals surface area contributed by atoms with E-state index in [2.05, 4.69) is 32.1 Å². The predicted molar refractivity (Wildman–Crippen MR) is 94.2 cm³/mol. The molecule has 23 heavy (non-hydrogen) atoms. The first-order valence-corrected chi connectivity index (χ1v) is 7.91. The van der Waals surface area contributed by atoms with Crippen LogP contribution >= 0.6 is 15.9 Å². The zero-order valence-corrected chi connectivity index (χ0v) is 14.5. The van der Waals surface area contributed by atoms with Crippen molar-refractivity contribution in [3.05, 3.63) is 63.6 Å². The Kier molecular flexibility index (Phi) is 5.76. The van der Waals surface area contributed by atoms with E-state index < -0.39 is 0 Å². The average molecular weight is 376 g/mol. The minimum atomic E-state index is -0.363. The zero-order valence-electron chi connectivity index (χ0n) is 12.9. The third kappa shape index (κ3) is 4.82. The average Bonchev–Trinajstić information content (AvgIpc) is 2.53. The molecule has 2 rings (SSSR count). The SMILES string of the molecule is Cc1cccc(C)c1NCC(=O)NNC(=O)c1ccc(Br)cc1. The topological polar surface area (TPSA) is 70.2 Å². The smallest absolute Gasteiger partial charge is 0.269 e. The molecule has 0 heterocycles. The maximum atomic E-state index is 11.9. The van der Waals surface area contributed by atoms with Crippen LogP contribution in [-0.2, 0) is 4.79 Å². The van der Waals surface area contributed by atoms with Crippen molar-refractivity contribution in [2.24, 2.45) is 0 Å². The quantitative estimate of drug-likeness (QED) is 0.719. The second-order valence-corrected chi connectivity index (χ2v) is 6.05. The fourth-order valence-corrected chi connectivity index (χ4v) is 2.37. The van der Waals surface area contributed by atoms with Gasteiger partial charge in [0.15, 0.2) is 0 Å². The normalized spacial score (nSPS) is 10.0. The van der Waals surface area contributed by atoms with Crippen molar-refractivity contribution in [3.8, 4) is 0 Å². The van der Waals surface area contributed by atoms with E-state index in [1.54, 1.807) is 24.3 Å². The molecule has 2 aromatic carbocycles. The number of carbonyl (C=O) groups is 2. The maximum Gasteiger partial charge on any atom is 0.269 e. The number of nitrogens with one attached hydrogen (secondary N) is 3. The molecule has 0 saturated carbocycles. The van der Waals surface area contributed by atoms with Gasteiger partial charge in [0.2, 0.25) is 0 Å². The highest BCUT2D eigenvalue weighted by Gasteiger charge is 2.08. The third-order valence-electron chi connectivity index (χ3n) is 3.33. The Hall–Kier alpha value is -2.34. The van der Waals surface area contributed by atoms with Crippen LogP contribution < -0.4 is 16.2 Å². The van der Waals surface area contributed by atoms with Gasteiger partial charge in [-0.1, -0.05) is 34.1 Å². The van der Waals surface area contributed by atoms with E-state index in [1.807, 2.05) is 32.0 Å². The first kappa shape index (κ1) is 17.0. The van der Waals surface area contributed by atoms with Crippen molar-refractivity contribution >= 4 is 33.4 Å². The molecule has 0 atom stereocenters. The van der Waals surface area contributed by atoms with E-state index in [-0.39, 0.29) is 18.4 Å². The van der Waals surface area contributed by atoms with Gasteiger partial charge in [-0.2, -0.15) is 0 Å².